The van der Waals surface area contributed by atoms with Gasteiger partial charge in [-0.1, -0.05) is 13.8 Å². The van der Waals surface area contributed by atoms with Crippen molar-refractivity contribution in [3.05, 3.63) is 34.4 Å². The largest absolute Gasteiger partial charge is 0.331 e. The molecule has 3 amide bonds. The monoisotopic (exact) mass is 277 g/mol. The van der Waals surface area contributed by atoms with Gasteiger partial charge in [0.2, 0.25) is 0 Å². The van der Waals surface area contributed by atoms with Gasteiger partial charge in [0, 0.05) is 18.7 Å². The molecule has 2 rings (SSSR count). The molecule has 0 N–H and O–H groups in total. The third kappa shape index (κ3) is 2.61. The summed E-state index contributed by atoms with van der Waals surface area (Å²) in [6.07, 6.45) is 0. The van der Waals surface area contributed by atoms with E-state index in [1.807, 2.05) is 13.8 Å². The summed E-state index contributed by atoms with van der Waals surface area (Å²) < 4.78 is 0. The van der Waals surface area contributed by atoms with E-state index in [0.717, 1.165) is 4.90 Å². The Kier molecular flexibility index (Phi) is 3.69. The summed E-state index contributed by atoms with van der Waals surface area (Å²) >= 11 is 0. The van der Waals surface area contributed by atoms with Crippen LogP contribution in [-0.4, -0.2) is 34.9 Å². The maximum Gasteiger partial charge on any atom is 0.331 e. The normalized spacial score (nSPS) is 15.3. The maximum absolute atomic E-state index is 12.2. The lowest BCUT2D eigenvalue weighted by molar-refractivity contribution is -0.384. The van der Waals surface area contributed by atoms with Crippen molar-refractivity contribution >= 4 is 23.3 Å². The molecule has 1 aliphatic heterocycles. The molecule has 0 aliphatic carbocycles. The van der Waals surface area contributed by atoms with Crippen molar-refractivity contribution in [2.24, 2.45) is 5.92 Å². The van der Waals surface area contributed by atoms with Gasteiger partial charge in [-0.25, -0.2) is 9.69 Å². The molecule has 0 saturated carbocycles. The molecule has 0 spiro atoms. The van der Waals surface area contributed by atoms with E-state index in [9.17, 15) is 19.7 Å². The molecular formula is C13H15N3O4. The Morgan fingerprint density at radius 3 is 2.35 bits per heavy atom. The van der Waals surface area contributed by atoms with Gasteiger partial charge in [-0.2, -0.15) is 0 Å². The summed E-state index contributed by atoms with van der Waals surface area (Å²) in [5.74, 6) is -0.0481. The molecule has 106 valence electrons. The standard InChI is InChI=1S/C13H15N3O4/c1-9(2)7-14-8-12(17)15(13(14)18)10-3-5-11(6-4-10)16(19)20/h3-6,9H,7-8H2,1-2H3. The summed E-state index contributed by atoms with van der Waals surface area (Å²) in [5.41, 5.74) is 0.281. The predicted molar refractivity (Wildman–Crippen MR) is 72.4 cm³/mol. The van der Waals surface area contributed by atoms with Gasteiger partial charge in [0.05, 0.1) is 10.6 Å². The van der Waals surface area contributed by atoms with Crippen LogP contribution >= 0.6 is 0 Å². The number of nitro benzene ring substituents is 1. The number of nitro groups is 1. The summed E-state index contributed by atoms with van der Waals surface area (Å²) in [7, 11) is 0. The number of non-ortho nitro benzene ring substituents is 1. The van der Waals surface area contributed by atoms with Crippen LogP contribution in [-0.2, 0) is 4.79 Å². The highest BCUT2D eigenvalue weighted by atomic mass is 16.6. The molecule has 0 aromatic heterocycles. The van der Waals surface area contributed by atoms with E-state index >= 15 is 0 Å². The van der Waals surface area contributed by atoms with Crippen molar-refractivity contribution in [1.29, 1.82) is 0 Å². The van der Waals surface area contributed by atoms with Gasteiger partial charge in [0.1, 0.15) is 6.54 Å². The second-order valence-corrected chi connectivity index (χ2v) is 5.06. The van der Waals surface area contributed by atoms with Crippen molar-refractivity contribution in [3.8, 4) is 0 Å². The van der Waals surface area contributed by atoms with E-state index in [1.165, 1.54) is 29.2 Å². The van der Waals surface area contributed by atoms with Crippen LogP contribution in [0.3, 0.4) is 0 Å². The van der Waals surface area contributed by atoms with Crippen LogP contribution in [0, 0.1) is 16.0 Å². The average molecular weight is 277 g/mol. The van der Waals surface area contributed by atoms with Gasteiger partial charge >= 0.3 is 6.03 Å². The Morgan fingerprint density at radius 2 is 1.85 bits per heavy atom. The Balaban J connectivity index is 2.22. The van der Waals surface area contributed by atoms with Crippen molar-refractivity contribution in [2.45, 2.75) is 13.8 Å². The van der Waals surface area contributed by atoms with E-state index in [0.29, 0.717) is 12.2 Å². The molecule has 1 fully saturated rings. The molecule has 1 aromatic rings. The average Bonchev–Trinajstić information content (AvgIpc) is 2.64. The molecule has 7 nitrogen and oxygen atoms in total. The topological polar surface area (TPSA) is 83.8 Å². The van der Waals surface area contributed by atoms with Crippen LogP contribution in [0.2, 0.25) is 0 Å². The summed E-state index contributed by atoms with van der Waals surface area (Å²) in [4.78, 5) is 36.7. The molecular weight excluding hydrogens is 262 g/mol. The van der Waals surface area contributed by atoms with Crippen LogP contribution in [0.15, 0.2) is 24.3 Å². The Labute approximate surface area is 115 Å². The number of rotatable bonds is 4. The Bertz CT molecular complexity index is 553. The molecule has 0 radical (unpaired) electrons. The number of hydrogen-bond acceptors (Lipinski definition) is 4. The summed E-state index contributed by atoms with van der Waals surface area (Å²) in [5, 5.41) is 10.6. The highest BCUT2D eigenvalue weighted by Gasteiger charge is 2.37. The number of nitrogens with zero attached hydrogens (tertiary/aromatic N) is 3. The van der Waals surface area contributed by atoms with E-state index < -0.39 is 4.92 Å². The second-order valence-electron chi connectivity index (χ2n) is 5.06. The minimum atomic E-state index is -0.525. The van der Waals surface area contributed by atoms with E-state index in [-0.39, 0.29) is 30.1 Å². The van der Waals surface area contributed by atoms with Gasteiger partial charge in [-0.05, 0) is 18.1 Å². The summed E-state index contributed by atoms with van der Waals surface area (Å²) in [6.45, 7) is 4.49. The molecule has 7 heteroatoms. The number of carbonyl (C=O) groups is 2. The first kappa shape index (κ1) is 14.0. The first-order chi connectivity index (χ1) is 9.40. The lowest BCUT2D eigenvalue weighted by Crippen LogP contribution is -2.34. The quantitative estimate of drug-likeness (QED) is 0.479. The molecule has 1 aliphatic rings. The fourth-order valence-electron chi connectivity index (χ4n) is 2.11. The molecule has 0 atom stereocenters. The Hall–Kier alpha value is -2.44. The van der Waals surface area contributed by atoms with Crippen LogP contribution in [0.4, 0.5) is 16.2 Å². The lowest BCUT2D eigenvalue weighted by Gasteiger charge is -2.18. The molecule has 20 heavy (non-hydrogen) atoms. The molecule has 1 aromatic carbocycles. The fraction of sp³-hybridized carbons (Fsp3) is 0.385. The zero-order valence-electron chi connectivity index (χ0n) is 11.3. The third-order valence-electron chi connectivity index (χ3n) is 2.94. The number of anilines is 1. The van der Waals surface area contributed by atoms with E-state index in [2.05, 4.69) is 0 Å². The molecule has 0 bridgehead atoms. The number of carbonyl (C=O) groups excluding carboxylic acids is 2. The van der Waals surface area contributed by atoms with Crippen molar-refractivity contribution in [3.63, 3.8) is 0 Å². The fourth-order valence-corrected chi connectivity index (χ4v) is 2.11. The van der Waals surface area contributed by atoms with E-state index in [1.54, 1.807) is 0 Å². The van der Waals surface area contributed by atoms with Gasteiger partial charge in [0.15, 0.2) is 0 Å². The summed E-state index contributed by atoms with van der Waals surface area (Å²) in [6, 6.07) is 5.00. The minimum Gasteiger partial charge on any atom is -0.314 e. The van der Waals surface area contributed by atoms with Crippen LogP contribution in [0.1, 0.15) is 13.8 Å². The van der Waals surface area contributed by atoms with Gasteiger partial charge in [-0.15, -0.1) is 0 Å². The maximum atomic E-state index is 12.2. The number of imide groups is 1. The van der Waals surface area contributed by atoms with Crippen molar-refractivity contribution in [1.82, 2.24) is 4.90 Å². The van der Waals surface area contributed by atoms with Crippen molar-refractivity contribution in [2.75, 3.05) is 18.0 Å². The predicted octanol–water partition coefficient (Wildman–Crippen LogP) is 2.02. The molecule has 0 unspecified atom stereocenters. The van der Waals surface area contributed by atoms with E-state index in [4.69, 9.17) is 0 Å². The molecule has 1 heterocycles. The second kappa shape index (κ2) is 5.28. The number of amides is 3. The van der Waals surface area contributed by atoms with Gasteiger partial charge < -0.3 is 4.90 Å². The number of urea groups is 1. The van der Waals surface area contributed by atoms with Gasteiger partial charge in [-0.3, -0.25) is 14.9 Å². The van der Waals surface area contributed by atoms with Gasteiger partial charge in [0.25, 0.3) is 11.6 Å². The SMILES string of the molecule is CC(C)CN1CC(=O)N(c2ccc([N+](=O)[O-])cc2)C1=O. The van der Waals surface area contributed by atoms with Crippen molar-refractivity contribution < 1.29 is 14.5 Å². The minimum absolute atomic E-state index is 0.0496. The highest BCUT2D eigenvalue weighted by Crippen LogP contribution is 2.24. The first-order valence-corrected chi connectivity index (χ1v) is 6.26. The number of benzene rings is 1. The zero-order chi connectivity index (χ0) is 14.9. The third-order valence-corrected chi connectivity index (χ3v) is 2.94. The molecule has 1 saturated heterocycles. The first-order valence-electron chi connectivity index (χ1n) is 6.26. The Morgan fingerprint density at radius 1 is 1.25 bits per heavy atom. The lowest BCUT2D eigenvalue weighted by atomic mass is 10.2. The zero-order valence-corrected chi connectivity index (χ0v) is 11.3. The van der Waals surface area contributed by atoms with Crippen LogP contribution in [0.25, 0.3) is 0 Å². The number of hydrogen-bond donors (Lipinski definition) is 0. The smallest absolute Gasteiger partial charge is 0.314 e. The highest BCUT2D eigenvalue weighted by molar-refractivity contribution is 6.19. The van der Waals surface area contributed by atoms with Crippen LogP contribution < -0.4 is 4.90 Å². The van der Waals surface area contributed by atoms with Crippen LogP contribution in [0.5, 0.6) is 0 Å².